The smallest absolute Gasteiger partial charge is 0.185 e. The standard InChI is InChI=1S/C16H14N4/c17-8-15(9-18)13-4-6-14(16(15,10-19)11-20)5-2-1-3-12(14)7-13/h7,13H,1-6H2/t13-,14-/m0/s1. The van der Waals surface area contributed by atoms with E-state index in [9.17, 15) is 21.0 Å². The molecule has 2 fully saturated rings. The third-order valence-electron chi connectivity index (χ3n) is 5.75. The number of nitrogens with zero attached hydrogens (tertiary/aromatic N) is 4. The molecule has 4 rings (SSSR count). The Labute approximate surface area is 118 Å². The Bertz CT molecular complexity index is 633. The van der Waals surface area contributed by atoms with E-state index in [0.29, 0.717) is 0 Å². The van der Waals surface area contributed by atoms with Gasteiger partial charge in [0.25, 0.3) is 0 Å². The van der Waals surface area contributed by atoms with Gasteiger partial charge in [-0.25, -0.2) is 0 Å². The summed E-state index contributed by atoms with van der Waals surface area (Å²) in [6.07, 6.45) is 7.21. The van der Waals surface area contributed by atoms with Crippen LogP contribution in [0.15, 0.2) is 11.6 Å². The molecule has 2 saturated carbocycles. The van der Waals surface area contributed by atoms with Gasteiger partial charge in [-0.05, 0) is 32.1 Å². The minimum atomic E-state index is -1.52. The molecular formula is C16H14N4. The highest BCUT2D eigenvalue weighted by molar-refractivity contribution is 5.50. The van der Waals surface area contributed by atoms with Gasteiger partial charge < -0.3 is 0 Å². The predicted octanol–water partition coefficient (Wildman–Crippen LogP) is 2.96. The zero-order valence-corrected chi connectivity index (χ0v) is 11.2. The largest absolute Gasteiger partial charge is 0.196 e. The van der Waals surface area contributed by atoms with Crippen LogP contribution in [0.5, 0.6) is 0 Å². The Balaban J connectivity index is 2.38. The van der Waals surface area contributed by atoms with Gasteiger partial charge in [-0.1, -0.05) is 18.1 Å². The summed E-state index contributed by atoms with van der Waals surface area (Å²) in [7, 11) is 0. The lowest BCUT2D eigenvalue weighted by Crippen LogP contribution is -2.62. The molecule has 0 aromatic carbocycles. The van der Waals surface area contributed by atoms with Crippen molar-refractivity contribution in [3.63, 3.8) is 0 Å². The second-order valence-corrected chi connectivity index (χ2v) is 6.13. The molecule has 1 spiro atoms. The van der Waals surface area contributed by atoms with Crippen LogP contribution in [0, 0.1) is 67.5 Å². The van der Waals surface area contributed by atoms with Gasteiger partial charge in [0.1, 0.15) is 0 Å². The second-order valence-electron chi connectivity index (χ2n) is 6.13. The number of allylic oxidation sites excluding steroid dienone is 2. The number of hydrogen-bond donors (Lipinski definition) is 0. The molecule has 20 heavy (non-hydrogen) atoms. The number of nitriles is 4. The fourth-order valence-electron chi connectivity index (χ4n) is 4.79. The van der Waals surface area contributed by atoms with Gasteiger partial charge in [0.15, 0.2) is 10.8 Å². The summed E-state index contributed by atoms with van der Waals surface area (Å²) in [6, 6.07) is 8.41. The van der Waals surface area contributed by atoms with Gasteiger partial charge in [-0.3, -0.25) is 0 Å². The molecule has 0 aliphatic heterocycles. The van der Waals surface area contributed by atoms with Gasteiger partial charge >= 0.3 is 0 Å². The molecule has 4 aliphatic carbocycles. The van der Waals surface area contributed by atoms with E-state index < -0.39 is 16.2 Å². The maximum absolute atomic E-state index is 9.79. The van der Waals surface area contributed by atoms with Crippen LogP contribution in [0.3, 0.4) is 0 Å². The van der Waals surface area contributed by atoms with Crippen molar-refractivity contribution in [2.24, 2.45) is 22.2 Å². The van der Waals surface area contributed by atoms with Crippen LogP contribution < -0.4 is 0 Å². The van der Waals surface area contributed by atoms with Crippen molar-refractivity contribution < 1.29 is 0 Å². The van der Waals surface area contributed by atoms with E-state index in [4.69, 9.17) is 0 Å². The maximum Gasteiger partial charge on any atom is 0.185 e. The molecule has 2 atom stereocenters. The minimum absolute atomic E-state index is 0.285. The molecule has 4 aliphatic rings. The van der Waals surface area contributed by atoms with Gasteiger partial charge in [-0.2, -0.15) is 21.0 Å². The normalized spacial score (nSPS) is 35.4. The lowest BCUT2D eigenvalue weighted by Gasteiger charge is -2.60. The lowest BCUT2D eigenvalue weighted by atomic mass is 9.36. The highest BCUT2D eigenvalue weighted by Gasteiger charge is 2.74. The van der Waals surface area contributed by atoms with E-state index in [-0.39, 0.29) is 5.92 Å². The molecule has 0 amide bonds. The van der Waals surface area contributed by atoms with Crippen LogP contribution in [0.1, 0.15) is 38.5 Å². The van der Waals surface area contributed by atoms with Crippen molar-refractivity contribution >= 4 is 0 Å². The van der Waals surface area contributed by atoms with E-state index >= 15 is 0 Å². The average Bonchev–Trinajstić information content (AvgIpc) is 2.52. The van der Waals surface area contributed by atoms with Gasteiger partial charge in [0.05, 0.1) is 24.3 Å². The van der Waals surface area contributed by atoms with Crippen LogP contribution in [0.25, 0.3) is 0 Å². The molecule has 0 aromatic heterocycles. The Morgan fingerprint density at radius 1 is 0.950 bits per heavy atom. The van der Waals surface area contributed by atoms with Crippen LogP contribution in [0.2, 0.25) is 0 Å². The summed E-state index contributed by atoms with van der Waals surface area (Å²) in [6.45, 7) is 0. The van der Waals surface area contributed by atoms with E-state index in [2.05, 4.69) is 24.3 Å². The molecule has 0 saturated heterocycles. The predicted molar refractivity (Wildman–Crippen MR) is 69.0 cm³/mol. The van der Waals surface area contributed by atoms with E-state index in [1.54, 1.807) is 0 Å². The van der Waals surface area contributed by atoms with Crippen LogP contribution in [-0.4, -0.2) is 0 Å². The molecule has 98 valence electrons. The maximum atomic E-state index is 9.79. The monoisotopic (exact) mass is 262 g/mol. The van der Waals surface area contributed by atoms with Crippen molar-refractivity contribution in [1.29, 1.82) is 21.0 Å². The second kappa shape index (κ2) is 3.85. The third kappa shape index (κ3) is 1.02. The SMILES string of the molecule is N#CC1(C#N)[C@@H]2C=C3CCCC[C@@]3(CC2)C1(C#N)C#N. The number of fused-ring (bicyclic) bond motifs is 2. The lowest BCUT2D eigenvalue weighted by molar-refractivity contribution is -0.0221. The third-order valence-corrected chi connectivity index (χ3v) is 5.75. The fourth-order valence-corrected chi connectivity index (χ4v) is 4.79. The van der Waals surface area contributed by atoms with Crippen molar-refractivity contribution in [2.75, 3.05) is 0 Å². The number of hydrogen-bond acceptors (Lipinski definition) is 4. The average molecular weight is 262 g/mol. The molecule has 0 radical (unpaired) electrons. The zero-order valence-electron chi connectivity index (χ0n) is 11.2. The first kappa shape index (κ1) is 12.7. The zero-order chi connectivity index (χ0) is 14.4. The van der Waals surface area contributed by atoms with Crippen molar-refractivity contribution in [1.82, 2.24) is 0 Å². The molecule has 0 aromatic rings. The summed E-state index contributed by atoms with van der Waals surface area (Å²) in [5.41, 5.74) is -2.45. The highest BCUT2D eigenvalue weighted by Crippen LogP contribution is 2.71. The Kier molecular flexibility index (Phi) is 2.45. The summed E-state index contributed by atoms with van der Waals surface area (Å²) < 4.78 is 0. The summed E-state index contributed by atoms with van der Waals surface area (Å²) >= 11 is 0. The van der Waals surface area contributed by atoms with Gasteiger partial charge in [0.2, 0.25) is 0 Å². The van der Waals surface area contributed by atoms with E-state index in [1.807, 2.05) is 6.08 Å². The molecule has 4 nitrogen and oxygen atoms in total. The fraction of sp³-hybridized carbons (Fsp3) is 0.625. The summed E-state index contributed by atoms with van der Waals surface area (Å²) in [4.78, 5) is 0. The van der Waals surface area contributed by atoms with Crippen molar-refractivity contribution in [2.45, 2.75) is 38.5 Å². The number of rotatable bonds is 0. The molecule has 0 N–H and O–H groups in total. The van der Waals surface area contributed by atoms with Crippen LogP contribution >= 0.6 is 0 Å². The first-order chi connectivity index (χ1) is 9.66. The van der Waals surface area contributed by atoms with Gasteiger partial charge in [-0.15, -0.1) is 0 Å². The van der Waals surface area contributed by atoms with E-state index in [0.717, 1.165) is 44.1 Å². The Morgan fingerprint density at radius 2 is 1.65 bits per heavy atom. The topological polar surface area (TPSA) is 95.2 Å². The molecular weight excluding hydrogens is 248 g/mol. The van der Waals surface area contributed by atoms with Crippen LogP contribution in [-0.2, 0) is 0 Å². The van der Waals surface area contributed by atoms with Crippen molar-refractivity contribution in [3.05, 3.63) is 11.6 Å². The van der Waals surface area contributed by atoms with Crippen molar-refractivity contribution in [3.8, 4) is 24.3 Å². The molecule has 2 bridgehead atoms. The minimum Gasteiger partial charge on any atom is -0.196 e. The molecule has 0 unspecified atom stereocenters. The molecule has 4 heteroatoms. The highest BCUT2D eigenvalue weighted by atomic mass is 14.7. The van der Waals surface area contributed by atoms with Crippen LogP contribution in [0.4, 0.5) is 0 Å². The summed E-state index contributed by atoms with van der Waals surface area (Å²) in [5, 5.41) is 38.9. The molecule has 0 heterocycles. The first-order valence-electron chi connectivity index (χ1n) is 7.02. The summed E-state index contributed by atoms with van der Waals surface area (Å²) in [5.74, 6) is -0.285. The first-order valence-corrected chi connectivity index (χ1v) is 7.02. The quantitative estimate of drug-likeness (QED) is 0.627. The van der Waals surface area contributed by atoms with E-state index in [1.165, 1.54) is 0 Å². The Hall–Kier alpha value is -2.30. The Morgan fingerprint density at radius 3 is 2.25 bits per heavy atom. The van der Waals surface area contributed by atoms with Gasteiger partial charge in [0, 0.05) is 11.3 Å².